The minimum atomic E-state index is -0.0938. The topological polar surface area (TPSA) is 72.8 Å². The van der Waals surface area contributed by atoms with Gasteiger partial charge in [0.05, 0.1) is 5.71 Å². The fourth-order valence-corrected chi connectivity index (χ4v) is 2.98. The molecular weight excluding hydrogens is 407 g/mol. The van der Waals surface area contributed by atoms with Crippen LogP contribution in [0.15, 0.2) is 70.5 Å². The predicted molar refractivity (Wildman–Crippen MR) is 121 cm³/mol. The number of nitrogens with one attached hydrogen (secondary N) is 4. The van der Waals surface area contributed by atoms with E-state index in [0.717, 1.165) is 27.7 Å². The van der Waals surface area contributed by atoms with Crippen molar-refractivity contribution < 1.29 is 0 Å². The fraction of sp³-hybridized carbons (Fsp3) is 0.238. The molecule has 6 nitrogen and oxygen atoms in total. The number of hydrazone groups is 1. The van der Waals surface area contributed by atoms with E-state index in [1.54, 1.807) is 0 Å². The first kappa shape index (κ1) is 21.2. The van der Waals surface area contributed by atoms with Gasteiger partial charge in [0.2, 0.25) is 0 Å². The third-order valence-corrected chi connectivity index (χ3v) is 4.88. The first-order valence-corrected chi connectivity index (χ1v) is 10.1. The van der Waals surface area contributed by atoms with Crippen molar-refractivity contribution in [1.29, 1.82) is 0 Å². The molecule has 1 aliphatic rings. The molecular formula is C21H24Cl2N6. The summed E-state index contributed by atoms with van der Waals surface area (Å²) in [7, 11) is 0. The minimum Gasteiger partial charge on any atom is -0.349 e. The number of nitrogens with zero attached hydrogens (tertiary/aromatic N) is 2. The second-order valence-corrected chi connectivity index (χ2v) is 7.62. The molecule has 8 heteroatoms. The van der Waals surface area contributed by atoms with E-state index in [1.165, 1.54) is 0 Å². The summed E-state index contributed by atoms with van der Waals surface area (Å²) < 4.78 is 0. The maximum Gasteiger partial charge on any atom is 0.147 e. The Balaban J connectivity index is 1.60. The van der Waals surface area contributed by atoms with Gasteiger partial charge in [0.25, 0.3) is 0 Å². The van der Waals surface area contributed by atoms with Gasteiger partial charge in [0.15, 0.2) is 0 Å². The summed E-state index contributed by atoms with van der Waals surface area (Å²) >= 11 is 11.9. The van der Waals surface area contributed by atoms with E-state index in [9.17, 15) is 0 Å². The number of benzene rings is 2. The quantitative estimate of drug-likeness (QED) is 0.405. The Morgan fingerprint density at radius 2 is 1.69 bits per heavy atom. The van der Waals surface area contributed by atoms with Crippen LogP contribution in [0.5, 0.6) is 0 Å². The standard InChI is InChI=1S/C21H24Cl2N6/c1-13(16-4-8-18(22)9-5-16)26-28-20-12-21(25-15(3)24-20)29-27-14(2)17-6-10-19(23)11-7-17/h4-13,15,24,26,28H,1-3H3,(H,25,29)/b27-14+. The van der Waals surface area contributed by atoms with E-state index < -0.39 is 0 Å². The molecule has 0 bridgehead atoms. The molecule has 0 aliphatic carbocycles. The lowest BCUT2D eigenvalue weighted by Crippen LogP contribution is -2.44. The van der Waals surface area contributed by atoms with E-state index >= 15 is 0 Å². The van der Waals surface area contributed by atoms with Gasteiger partial charge in [-0.15, -0.1) is 0 Å². The molecule has 3 rings (SSSR count). The lowest BCUT2D eigenvalue weighted by atomic mass is 10.1. The molecule has 2 unspecified atom stereocenters. The van der Waals surface area contributed by atoms with Gasteiger partial charge in [-0.2, -0.15) is 5.10 Å². The maximum atomic E-state index is 5.95. The molecule has 2 aromatic rings. The van der Waals surface area contributed by atoms with Crippen molar-refractivity contribution in [2.45, 2.75) is 33.0 Å². The highest BCUT2D eigenvalue weighted by Gasteiger charge is 2.12. The molecule has 0 fully saturated rings. The van der Waals surface area contributed by atoms with Gasteiger partial charge < -0.3 is 10.7 Å². The highest BCUT2D eigenvalue weighted by molar-refractivity contribution is 6.30. The third kappa shape index (κ3) is 6.22. The molecule has 1 aliphatic heterocycles. The lowest BCUT2D eigenvalue weighted by Gasteiger charge is -2.24. The molecule has 2 atom stereocenters. The SMILES string of the molecule is C/C(=N\NC1=NC(C)NC(NNC(C)c2ccc(Cl)cc2)=C1)c1ccc(Cl)cc1. The van der Waals surface area contributed by atoms with Crippen LogP contribution in [-0.2, 0) is 0 Å². The molecule has 0 amide bonds. The first-order chi connectivity index (χ1) is 13.9. The molecule has 29 heavy (non-hydrogen) atoms. The van der Waals surface area contributed by atoms with Crippen LogP contribution in [0.3, 0.4) is 0 Å². The average molecular weight is 431 g/mol. The van der Waals surface area contributed by atoms with Crippen LogP contribution in [0, 0.1) is 0 Å². The lowest BCUT2D eigenvalue weighted by molar-refractivity contribution is 0.466. The number of amidine groups is 1. The first-order valence-electron chi connectivity index (χ1n) is 9.30. The van der Waals surface area contributed by atoms with Gasteiger partial charge in [-0.25, -0.2) is 10.4 Å². The average Bonchev–Trinajstić information content (AvgIpc) is 2.71. The van der Waals surface area contributed by atoms with Crippen LogP contribution in [0.2, 0.25) is 10.0 Å². The zero-order valence-electron chi connectivity index (χ0n) is 16.5. The van der Waals surface area contributed by atoms with E-state index in [4.69, 9.17) is 23.2 Å². The monoisotopic (exact) mass is 430 g/mol. The van der Waals surface area contributed by atoms with E-state index in [1.807, 2.05) is 68.5 Å². The van der Waals surface area contributed by atoms with Crippen LogP contribution < -0.4 is 21.6 Å². The van der Waals surface area contributed by atoms with E-state index in [0.29, 0.717) is 10.9 Å². The van der Waals surface area contributed by atoms with Crippen molar-refractivity contribution in [3.8, 4) is 0 Å². The number of halogens is 2. The predicted octanol–water partition coefficient (Wildman–Crippen LogP) is 4.35. The zero-order chi connectivity index (χ0) is 20.8. The minimum absolute atomic E-state index is 0.0886. The van der Waals surface area contributed by atoms with Gasteiger partial charge in [-0.1, -0.05) is 47.5 Å². The highest BCUT2D eigenvalue weighted by Crippen LogP contribution is 2.15. The zero-order valence-corrected chi connectivity index (χ0v) is 18.0. The summed E-state index contributed by atoms with van der Waals surface area (Å²) in [5, 5.41) is 9.11. The summed E-state index contributed by atoms with van der Waals surface area (Å²) in [6, 6.07) is 15.4. The number of hydrogen-bond acceptors (Lipinski definition) is 6. The summed E-state index contributed by atoms with van der Waals surface area (Å²) in [6.45, 7) is 5.96. The van der Waals surface area contributed by atoms with Crippen LogP contribution >= 0.6 is 23.2 Å². The molecule has 152 valence electrons. The third-order valence-electron chi connectivity index (χ3n) is 4.37. The molecule has 4 N–H and O–H groups in total. The Bertz CT molecular complexity index is 919. The van der Waals surface area contributed by atoms with Crippen LogP contribution in [0.25, 0.3) is 0 Å². The smallest absolute Gasteiger partial charge is 0.147 e. The molecule has 0 spiro atoms. The van der Waals surface area contributed by atoms with Gasteiger partial charge in [-0.3, -0.25) is 5.43 Å². The largest absolute Gasteiger partial charge is 0.349 e. The maximum absolute atomic E-state index is 5.95. The van der Waals surface area contributed by atoms with Crippen molar-refractivity contribution in [2.75, 3.05) is 0 Å². The number of rotatable bonds is 6. The Morgan fingerprint density at radius 1 is 1.07 bits per heavy atom. The summed E-state index contributed by atoms with van der Waals surface area (Å²) in [6.07, 6.45) is 1.77. The van der Waals surface area contributed by atoms with Crippen LogP contribution in [-0.4, -0.2) is 17.7 Å². The highest BCUT2D eigenvalue weighted by atomic mass is 35.5. The van der Waals surface area contributed by atoms with E-state index in [-0.39, 0.29) is 12.2 Å². The van der Waals surface area contributed by atoms with Crippen molar-refractivity contribution in [1.82, 2.24) is 21.6 Å². The van der Waals surface area contributed by atoms with Crippen molar-refractivity contribution in [3.63, 3.8) is 0 Å². The fourth-order valence-electron chi connectivity index (χ4n) is 2.73. The number of hydrogen-bond donors (Lipinski definition) is 4. The Labute approximate surface area is 181 Å². The van der Waals surface area contributed by atoms with Crippen LogP contribution in [0.1, 0.15) is 37.9 Å². The van der Waals surface area contributed by atoms with Gasteiger partial charge in [0.1, 0.15) is 17.8 Å². The van der Waals surface area contributed by atoms with Gasteiger partial charge in [-0.05, 0) is 56.2 Å². The number of hydrazine groups is 1. The van der Waals surface area contributed by atoms with Crippen molar-refractivity contribution in [2.24, 2.45) is 10.1 Å². The Morgan fingerprint density at radius 3 is 2.34 bits per heavy atom. The molecule has 0 saturated carbocycles. The van der Waals surface area contributed by atoms with Crippen molar-refractivity contribution in [3.05, 3.63) is 81.6 Å². The molecule has 0 radical (unpaired) electrons. The normalized spacial score (nSPS) is 17.7. The molecule has 2 aromatic carbocycles. The van der Waals surface area contributed by atoms with Gasteiger partial charge >= 0.3 is 0 Å². The molecule has 0 saturated heterocycles. The van der Waals surface area contributed by atoms with Crippen molar-refractivity contribution >= 4 is 34.7 Å². The Hall–Kier alpha value is -2.54. The van der Waals surface area contributed by atoms with E-state index in [2.05, 4.69) is 38.6 Å². The van der Waals surface area contributed by atoms with Gasteiger partial charge in [0, 0.05) is 22.2 Å². The van der Waals surface area contributed by atoms with Crippen LogP contribution in [0.4, 0.5) is 0 Å². The summed E-state index contributed by atoms with van der Waals surface area (Å²) in [5.74, 6) is 1.46. The Kier molecular flexibility index (Phi) is 7.14. The number of aliphatic imine (C=N–C) groups is 1. The second-order valence-electron chi connectivity index (χ2n) is 6.75. The summed E-state index contributed by atoms with van der Waals surface area (Å²) in [4.78, 5) is 4.51. The second kappa shape index (κ2) is 9.78. The molecule has 0 aromatic heterocycles. The summed E-state index contributed by atoms with van der Waals surface area (Å²) in [5.41, 5.74) is 12.5. The molecule has 1 heterocycles.